The summed E-state index contributed by atoms with van der Waals surface area (Å²) in [5, 5.41) is 0. The van der Waals surface area contributed by atoms with Crippen molar-refractivity contribution < 1.29 is 23.9 Å². The lowest BCUT2D eigenvalue weighted by molar-refractivity contribution is -0.153. The summed E-state index contributed by atoms with van der Waals surface area (Å²) in [4.78, 5) is 32.5. The van der Waals surface area contributed by atoms with E-state index in [1.807, 2.05) is 0 Å². The standard InChI is InChI=1S/C9H13ClO5/c1-6(11)3-9(13)15-7(5-10)4-8(12)14-2/h7H,3-5H2,1-2H3. The van der Waals surface area contributed by atoms with Crippen LogP contribution >= 0.6 is 11.6 Å². The molecular weight excluding hydrogens is 224 g/mol. The van der Waals surface area contributed by atoms with Crippen LogP contribution in [0.3, 0.4) is 0 Å². The van der Waals surface area contributed by atoms with Gasteiger partial charge >= 0.3 is 11.9 Å². The molecule has 0 aromatic heterocycles. The van der Waals surface area contributed by atoms with E-state index in [4.69, 9.17) is 16.3 Å². The van der Waals surface area contributed by atoms with E-state index in [-0.39, 0.29) is 24.5 Å². The Hall–Kier alpha value is -1.10. The van der Waals surface area contributed by atoms with Gasteiger partial charge in [-0.2, -0.15) is 0 Å². The maximum absolute atomic E-state index is 11.0. The van der Waals surface area contributed by atoms with Gasteiger partial charge in [-0.05, 0) is 6.92 Å². The SMILES string of the molecule is COC(=O)CC(CCl)OC(=O)CC(C)=O. The predicted molar refractivity (Wildman–Crippen MR) is 52.5 cm³/mol. The number of carbonyl (C=O) groups excluding carboxylic acids is 3. The molecule has 0 fully saturated rings. The first kappa shape index (κ1) is 13.9. The molecule has 0 aliphatic rings. The number of hydrogen-bond acceptors (Lipinski definition) is 5. The molecule has 0 heterocycles. The third kappa shape index (κ3) is 6.90. The van der Waals surface area contributed by atoms with Gasteiger partial charge in [0.05, 0.1) is 19.4 Å². The maximum atomic E-state index is 11.0. The van der Waals surface area contributed by atoms with Gasteiger partial charge in [-0.1, -0.05) is 0 Å². The first-order valence-electron chi connectivity index (χ1n) is 4.31. The molecule has 0 aromatic rings. The van der Waals surface area contributed by atoms with Crippen molar-refractivity contribution in [1.82, 2.24) is 0 Å². The number of ketones is 1. The fourth-order valence-electron chi connectivity index (χ4n) is 0.828. The van der Waals surface area contributed by atoms with Crippen LogP contribution in [0.1, 0.15) is 19.8 Å². The van der Waals surface area contributed by atoms with Crippen molar-refractivity contribution in [2.24, 2.45) is 0 Å². The highest BCUT2D eigenvalue weighted by Crippen LogP contribution is 2.04. The molecule has 0 bridgehead atoms. The lowest BCUT2D eigenvalue weighted by Crippen LogP contribution is -2.24. The van der Waals surface area contributed by atoms with Gasteiger partial charge in [0.1, 0.15) is 18.3 Å². The third-order valence-corrected chi connectivity index (χ3v) is 1.83. The average molecular weight is 237 g/mol. The molecule has 1 unspecified atom stereocenters. The monoisotopic (exact) mass is 236 g/mol. The molecule has 0 saturated heterocycles. The number of alkyl halides is 1. The number of ether oxygens (including phenoxy) is 2. The van der Waals surface area contributed by atoms with Crippen LogP contribution in [-0.4, -0.2) is 36.8 Å². The second-order valence-corrected chi connectivity index (χ2v) is 3.23. The first-order chi connectivity index (χ1) is 6.99. The molecule has 0 saturated carbocycles. The molecule has 6 heteroatoms. The van der Waals surface area contributed by atoms with E-state index in [2.05, 4.69) is 4.74 Å². The number of Topliss-reactive ketones (excluding diaryl/α,β-unsaturated/α-hetero) is 1. The van der Waals surface area contributed by atoms with Gasteiger partial charge in [-0.15, -0.1) is 11.6 Å². The highest BCUT2D eigenvalue weighted by molar-refractivity contribution is 6.18. The van der Waals surface area contributed by atoms with Crippen LogP contribution in [0.2, 0.25) is 0 Å². The zero-order chi connectivity index (χ0) is 11.8. The second kappa shape index (κ2) is 7.23. The minimum absolute atomic E-state index is 0.0151. The van der Waals surface area contributed by atoms with Crippen molar-refractivity contribution in [2.75, 3.05) is 13.0 Å². The Labute approximate surface area is 92.7 Å². The number of esters is 2. The Morgan fingerprint density at radius 3 is 2.27 bits per heavy atom. The largest absolute Gasteiger partial charge is 0.469 e. The van der Waals surface area contributed by atoms with Crippen LogP contribution in [-0.2, 0) is 23.9 Å². The van der Waals surface area contributed by atoms with E-state index >= 15 is 0 Å². The molecule has 5 nitrogen and oxygen atoms in total. The van der Waals surface area contributed by atoms with E-state index < -0.39 is 18.0 Å². The highest BCUT2D eigenvalue weighted by Gasteiger charge is 2.18. The lowest BCUT2D eigenvalue weighted by atomic mass is 10.2. The summed E-state index contributed by atoms with van der Waals surface area (Å²) in [5.41, 5.74) is 0. The zero-order valence-electron chi connectivity index (χ0n) is 8.62. The molecule has 0 N–H and O–H groups in total. The number of hydrogen-bond donors (Lipinski definition) is 0. The summed E-state index contributed by atoms with van der Waals surface area (Å²) in [6, 6.07) is 0. The molecule has 0 aliphatic carbocycles. The van der Waals surface area contributed by atoms with Crippen molar-refractivity contribution in [1.29, 1.82) is 0 Å². The maximum Gasteiger partial charge on any atom is 0.313 e. The molecule has 1 atom stereocenters. The Morgan fingerprint density at radius 2 is 1.87 bits per heavy atom. The Kier molecular flexibility index (Phi) is 6.70. The van der Waals surface area contributed by atoms with Crippen LogP contribution < -0.4 is 0 Å². The van der Waals surface area contributed by atoms with Crippen LogP contribution in [0.25, 0.3) is 0 Å². The summed E-state index contributed by atoms with van der Waals surface area (Å²) in [6.07, 6.45) is -1.16. The molecule has 0 radical (unpaired) electrons. The van der Waals surface area contributed by atoms with Gasteiger partial charge in [0, 0.05) is 0 Å². The number of methoxy groups -OCH3 is 1. The van der Waals surface area contributed by atoms with Crippen molar-refractivity contribution >= 4 is 29.3 Å². The lowest BCUT2D eigenvalue weighted by Gasteiger charge is -2.13. The Bertz CT molecular complexity index is 251. The Morgan fingerprint density at radius 1 is 1.27 bits per heavy atom. The molecule has 15 heavy (non-hydrogen) atoms. The minimum atomic E-state index is -0.744. The van der Waals surface area contributed by atoms with Crippen molar-refractivity contribution in [2.45, 2.75) is 25.9 Å². The molecular formula is C9H13ClO5. The topological polar surface area (TPSA) is 69.7 Å². The van der Waals surface area contributed by atoms with Crippen LogP contribution in [0.15, 0.2) is 0 Å². The van der Waals surface area contributed by atoms with Crippen LogP contribution in [0, 0.1) is 0 Å². The summed E-state index contributed by atoms with van der Waals surface area (Å²) < 4.78 is 9.18. The van der Waals surface area contributed by atoms with Crippen molar-refractivity contribution in [3.63, 3.8) is 0 Å². The molecule has 0 aromatic carbocycles. The quantitative estimate of drug-likeness (QED) is 0.385. The third-order valence-electron chi connectivity index (χ3n) is 1.49. The van der Waals surface area contributed by atoms with Gasteiger partial charge < -0.3 is 9.47 Å². The number of halogens is 1. The number of carbonyl (C=O) groups is 3. The fraction of sp³-hybridized carbons (Fsp3) is 0.667. The first-order valence-corrected chi connectivity index (χ1v) is 4.84. The summed E-state index contributed by atoms with van der Waals surface area (Å²) in [7, 11) is 1.23. The van der Waals surface area contributed by atoms with Crippen LogP contribution in [0.5, 0.6) is 0 Å². The predicted octanol–water partition coefficient (Wildman–Crippen LogP) is 0.679. The van der Waals surface area contributed by atoms with Gasteiger partial charge in [0.15, 0.2) is 0 Å². The van der Waals surface area contributed by atoms with E-state index in [0.717, 1.165) is 0 Å². The van der Waals surface area contributed by atoms with Gasteiger partial charge in [-0.25, -0.2) is 0 Å². The molecule has 86 valence electrons. The van der Waals surface area contributed by atoms with E-state index in [9.17, 15) is 14.4 Å². The van der Waals surface area contributed by atoms with Crippen molar-refractivity contribution in [3.05, 3.63) is 0 Å². The molecule has 0 amide bonds. The molecule has 0 spiro atoms. The smallest absolute Gasteiger partial charge is 0.313 e. The summed E-state index contributed by atoms with van der Waals surface area (Å²) in [5.74, 6) is -1.52. The van der Waals surface area contributed by atoms with Crippen LogP contribution in [0.4, 0.5) is 0 Å². The van der Waals surface area contributed by atoms with E-state index in [1.54, 1.807) is 0 Å². The van der Waals surface area contributed by atoms with E-state index in [1.165, 1.54) is 14.0 Å². The number of rotatable bonds is 6. The summed E-state index contributed by atoms with van der Waals surface area (Å²) in [6.45, 7) is 1.28. The molecule has 0 aliphatic heterocycles. The Balaban J connectivity index is 4.03. The second-order valence-electron chi connectivity index (χ2n) is 2.93. The van der Waals surface area contributed by atoms with Crippen molar-refractivity contribution in [3.8, 4) is 0 Å². The van der Waals surface area contributed by atoms with E-state index in [0.29, 0.717) is 0 Å². The fourth-order valence-corrected chi connectivity index (χ4v) is 1.000. The summed E-state index contributed by atoms with van der Waals surface area (Å²) >= 11 is 5.48. The van der Waals surface area contributed by atoms with Gasteiger partial charge in [-0.3, -0.25) is 14.4 Å². The normalized spacial score (nSPS) is 11.7. The average Bonchev–Trinajstić information content (AvgIpc) is 2.15. The highest BCUT2D eigenvalue weighted by atomic mass is 35.5. The van der Waals surface area contributed by atoms with Gasteiger partial charge in [0.25, 0.3) is 0 Å². The zero-order valence-corrected chi connectivity index (χ0v) is 9.37. The molecule has 0 rings (SSSR count). The van der Waals surface area contributed by atoms with Gasteiger partial charge in [0.2, 0.25) is 0 Å². The minimum Gasteiger partial charge on any atom is -0.469 e.